The maximum Gasteiger partial charge on any atom is 0.348 e. The second-order valence-electron chi connectivity index (χ2n) is 3.85. The minimum absolute atomic E-state index is 0.161. The number of hydrogen-bond donors (Lipinski definition) is 2. The molecule has 0 aliphatic rings. The molecule has 2 aromatic rings. The second kappa shape index (κ2) is 4.91. The molecule has 0 aliphatic heterocycles. The maximum atomic E-state index is 12.0. The van der Waals surface area contributed by atoms with Gasteiger partial charge in [0.1, 0.15) is 4.88 Å². The summed E-state index contributed by atoms with van der Waals surface area (Å²) in [4.78, 5) is 23.2. The number of carbonyl (C=O) groups is 2. The summed E-state index contributed by atoms with van der Waals surface area (Å²) in [6.45, 7) is 3.63. The van der Waals surface area contributed by atoms with Gasteiger partial charge in [0.25, 0.3) is 5.91 Å². The summed E-state index contributed by atoms with van der Waals surface area (Å²) < 4.78 is 0. The Hall–Kier alpha value is -1.66. The quantitative estimate of drug-likeness (QED) is 0.906. The van der Waals surface area contributed by atoms with Crippen LogP contribution in [0.3, 0.4) is 0 Å². The molecule has 0 aromatic carbocycles. The predicted octanol–water partition coefficient (Wildman–Crippen LogP) is 3.38. The van der Waals surface area contributed by atoms with Crippen molar-refractivity contribution in [2.45, 2.75) is 13.8 Å². The third kappa shape index (κ3) is 2.30. The Morgan fingerprint density at radius 1 is 1.17 bits per heavy atom. The molecule has 6 heteroatoms. The predicted molar refractivity (Wildman–Crippen MR) is 73.0 cm³/mol. The molecule has 0 atom stereocenters. The van der Waals surface area contributed by atoms with Crippen LogP contribution in [0, 0.1) is 13.8 Å². The van der Waals surface area contributed by atoms with Crippen LogP contribution in [-0.4, -0.2) is 17.0 Å². The Kier molecular flexibility index (Phi) is 3.49. The van der Waals surface area contributed by atoms with E-state index >= 15 is 0 Å². The number of carboxylic acid groups (broad SMARTS) is 1. The number of hydrogen-bond acceptors (Lipinski definition) is 4. The smallest absolute Gasteiger partial charge is 0.348 e. The van der Waals surface area contributed by atoms with Crippen LogP contribution < -0.4 is 5.32 Å². The van der Waals surface area contributed by atoms with Crippen molar-refractivity contribution < 1.29 is 14.7 Å². The van der Waals surface area contributed by atoms with Gasteiger partial charge in [0.2, 0.25) is 0 Å². The van der Waals surface area contributed by atoms with Gasteiger partial charge in [-0.2, -0.15) is 11.3 Å². The molecule has 0 aliphatic carbocycles. The van der Waals surface area contributed by atoms with E-state index in [0.717, 1.165) is 22.5 Å². The molecular weight excluding hydrogens is 270 g/mol. The Morgan fingerprint density at radius 3 is 2.44 bits per heavy atom. The van der Waals surface area contributed by atoms with Gasteiger partial charge in [-0.05, 0) is 35.7 Å². The zero-order valence-electron chi connectivity index (χ0n) is 9.81. The Bertz CT molecular complexity index is 613. The zero-order valence-corrected chi connectivity index (χ0v) is 11.4. The largest absolute Gasteiger partial charge is 0.477 e. The lowest BCUT2D eigenvalue weighted by atomic mass is 10.2. The molecule has 0 fully saturated rings. The number of amides is 1. The van der Waals surface area contributed by atoms with Crippen LogP contribution in [0.2, 0.25) is 0 Å². The lowest BCUT2D eigenvalue weighted by molar-refractivity contribution is 0.0703. The molecule has 18 heavy (non-hydrogen) atoms. The Balaban J connectivity index is 2.30. The van der Waals surface area contributed by atoms with Gasteiger partial charge in [0, 0.05) is 5.38 Å². The molecule has 0 radical (unpaired) electrons. The SMILES string of the molecule is Cc1cscc1C(=O)Nc1c(C)csc1C(=O)O. The summed E-state index contributed by atoms with van der Waals surface area (Å²) in [5.41, 5.74) is 2.63. The van der Waals surface area contributed by atoms with Gasteiger partial charge >= 0.3 is 5.97 Å². The normalized spacial score (nSPS) is 10.3. The number of anilines is 1. The van der Waals surface area contributed by atoms with Gasteiger partial charge < -0.3 is 10.4 Å². The topological polar surface area (TPSA) is 66.4 Å². The van der Waals surface area contributed by atoms with E-state index in [-0.39, 0.29) is 10.8 Å². The number of rotatable bonds is 3. The van der Waals surface area contributed by atoms with Gasteiger partial charge in [-0.3, -0.25) is 4.79 Å². The molecule has 2 aromatic heterocycles. The molecule has 94 valence electrons. The third-order valence-electron chi connectivity index (χ3n) is 2.51. The van der Waals surface area contributed by atoms with E-state index in [1.165, 1.54) is 11.3 Å². The second-order valence-corrected chi connectivity index (χ2v) is 5.47. The number of aryl methyl sites for hydroxylation is 2. The van der Waals surface area contributed by atoms with Gasteiger partial charge in [0.15, 0.2) is 0 Å². The first-order valence-corrected chi connectivity index (χ1v) is 6.98. The van der Waals surface area contributed by atoms with E-state index in [1.54, 1.807) is 17.7 Å². The Labute approximate surface area is 112 Å². The van der Waals surface area contributed by atoms with Gasteiger partial charge in [0.05, 0.1) is 11.3 Å². The van der Waals surface area contributed by atoms with E-state index < -0.39 is 5.97 Å². The number of aromatic carboxylic acids is 1. The highest BCUT2D eigenvalue weighted by Crippen LogP contribution is 2.28. The zero-order chi connectivity index (χ0) is 13.3. The molecule has 0 bridgehead atoms. The molecule has 1 amide bonds. The van der Waals surface area contributed by atoms with Crippen molar-refractivity contribution in [1.82, 2.24) is 0 Å². The fourth-order valence-corrected chi connectivity index (χ4v) is 3.20. The molecule has 2 N–H and O–H groups in total. The van der Waals surface area contributed by atoms with Crippen LogP contribution in [0.4, 0.5) is 5.69 Å². The number of carboxylic acids is 1. The molecule has 0 saturated heterocycles. The highest BCUT2D eigenvalue weighted by atomic mass is 32.1. The first-order chi connectivity index (χ1) is 8.50. The summed E-state index contributed by atoms with van der Waals surface area (Å²) in [7, 11) is 0. The summed E-state index contributed by atoms with van der Waals surface area (Å²) in [6.07, 6.45) is 0. The molecule has 0 saturated carbocycles. The first-order valence-electron chi connectivity index (χ1n) is 5.16. The van der Waals surface area contributed by atoms with Gasteiger partial charge in [-0.25, -0.2) is 4.79 Å². The van der Waals surface area contributed by atoms with Crippen molar-refractivity contribution in [3.05, 3.63) is 37.7 Å². The van der Waals surface area contributed by atoms with Gasteiger partial charge in [-0.15, -0.1) is 11.3 Å². The molecule has 4 nitrogen and oxygen atoms in total. The van der Waals surface area contributed by atoms with Crippen LogP contribution in [-0.2, 0) is 0 Å². The van der Waals surface area contributed by atoms with Crippen LogP contribution in [0.25, 0.3) is 0 Å². The van der Waals surface area contributed by atoms with E-state index in [2.05, 4.69) is 5.32 Å². The van der Waals surface area contributed by atoms with Crippen molar-refractivity contribution in [3.8, 4) is 0 Å². The number of nitrogens with one attached hydrogen (secondary N) is 1. The Morgan fingerprint density at radius 2 is 1.89 bits per heavy atom. The number of thiophene rings is 2. The first kappa shape index (κ1) is 12.8. The van der Waals surface area contributed by atoms with Crippen LogP contribution in [0.15, 0.2) is 16.1 Å². The van der Waals surface area contributed by atoms with E-state index in [9.17, 15) is 9.59 Å². The standard InChI is InChI=1S/C12H11NO3S2/c1-6-3-17-5-8(6)11(14)13-9-7(2)4-18-10(9)12(15)16/h3-5H,1-2H3,(H,13,14)(H,15,16). The minimum atomic E-state index is -1.02. The molecule has 0 unspecified atom stereocenters. The van der Waals surface area contributed by atoms with Crippen LogP contribution in [0.5, 0.6) is 0 Å². The van der Waals surface area contributed by atoms with Crippen molar-refractivity contribution in [2.24, 2.45) is 0 Å². The summed E-state index contributed by atoms with van der Waals surface area (Å²) in [6, 6.07) is 0. The fraction of sp³-hybridized carbons (Fsp3) is 0.167. The van der Waals surface area contributed by atoms with Crippen molar-refractivity contribution in [3.63, 3.8) is 0 Å². The summed E-state index contributed by atoms with van der Waals surface area (Å²) in [5, 5.41) is 17.1. The van der Waals surface area contributed by atoms with Crippen molar-refractivity contribution in [2.75, 3.05) is 5.32 Å². The van der Waals surface area contributed by atoms with Gasteiger partial charge in [-0.1, -0.05) is 0 Å². The monoisotopic (exact) mass is 281 g/mol. The molecule has 2 rings (SSSR count). The minimum Gasteiger partial charge on any atom is -0.477 e. The fourth-order valence-electron chi connectivity index (χ4n) is 1.53. The summed E-state index contributed by atoms with van der Waals surface area (Å²) in [5.74, 6) is -1.29. The van der Waals surface area contributed by atoms with Crippen molar-refractivity contribution in [1.29, 1.82) is 0 Å². The molecular formula is C12H11NO3S2. The summed E-state index contributed by atoms with van der Waals surface area (Å²) >= 11 is 2.56. The lowest BCUT2D eigenvalue weighted by Gasteiger charge is -2.05. The van der Waals surface area contributed by atoms with Crippen LogP contribution in [0.1, 0.15) is 31.2 Å². The molecule has 2 heterocycles. The van der Waals surface area contributed by atoms with E-state index in [4.69, 9.17) is 5.11 Å². The number of carbonyl (C=O) groups excluding carboxylic acids is 1. The maximum absolute atomic E-state index is 12.0. The highest BCUT2D eigenvalue weighted by Gasteiger charge is 2.18. The van der Waals surface area contributed by atoms with Crippen LogP contribution >= 0.6 is 22.7 Å². The average Bonchev–Trinajstić information content (AvgIpc) is 2.86. The van der Waals surface area contributed by atoms with E-state index in [0.29, 0.717) is 11.3 Å². The third-order valence-corrected chi connectivity index (χ3v) is 4.46. The average molecular weight is 281 g/mol. The highest BCUT2D eigenvalue weighted by molar-refractivity contribution is 7.12. The molecule has 0 spiro atoms. The van der Waals surface area contributed by atoms with E-state index in [1.807, 2.05) is 12.3 Å². The van der Waals surface area contributed by atoms with Crippen molar-refractivity contribution >= 4 is 40.2 Å². The lowest BCUT2D eigenvalue weighted by Crippen LogP contribution is -2.14.